The van der Waals surface area contributed by atoms with Gasteiger partial charge in [0.25, 0.3) is 5.91 Å². The van der Waals surface area contributed by atoms with Crippen LogP contribution in [-0.4, -0.2) is 55.8 Å². The number of likely N-dealkylation sites (tertiary alicyclic amines) is 1. The van der Waals surface area contributed by atoms with Gasteiger partial charge in [0, 0.05) is 49.2 Å². The summed E-state index contributed by atoms with van der Waals surface area (Å²) in [5, 5.41) is 3.74. The van der Waals surface area contributed by atoms with Crippen molar-refractivity contribution in [1.29, 1.82) is 0 Å². The van der Waals surface area contributed by atoms with Crippen molar-refractivity contribution < 1.29 is 27.5 Å². The number of alkyl carbamates (subject to hydrolysis) is 1. The molecular weight excluding hydrogens is 535 g/mol. The Hall–Kier alpha value is -4.02. The van der Waals surface area contributed by atoms with Gasteiger partial charge < -0.3 is 24.1 Å². The average molecular weight is 570 g/mol. The molecule has 3 heterocycles. The summed E-state index contributed by atoms with van der Waals surface area (Å²) in [6.45, 7) is 8.37. The second kappa shape index (κ2) is 10.4. The van der Waals surface area contributed by atoms with Crippen molar-refractivity contribution in [1.82, 2.24) is 24.3 Å². The van der Waals surface area contributed by atoms with E-state index in [9.17, 15) is 22.8 Å². The van der Waals surface area contributed by atoms with Crippen molar-refractivity contribution in [2.75, 3.05) is 13.1 Å². The van der Waals surface area contributed by atoms with Gasteiger partial charge in [0.2, 0.25) is 0 Å². The maximum Gasteiger partial charge on any atom is 0.418 e. The van der Waals surface area contributed by atoms with Gasteiger partial charge in [-0.25, -0.2) is 9.78 Å². The highest BCUT2D eigenvalue weighted by Crippen LogP contribution is 2.38. The van der Waals surface area contributed by atoms with Crippen molar-refractivity contribution in [2.45, 2.75) is 64.9 Å². The number of piperidine rings is 1. The number of halogens is 3. The molecule has 1 fully saturated rings. The zero-order chi connectivity index (χ0) is 29.7. The van der Waals surface area contributed by atoms with Crippen LogP contribution in [0.1, 0.15) is 56.5 Å². The van der Waals surface area contributed by atoms with Crippen molar-refractivity contribution in [3.8, 4) is 11.5 Å². The Morgan fingerprint density at radius 3 is 2.54 bits per heavy atom. The highest BCUT2D eigenvalue weighted by molar-refractivity contribution is 5.99. The summed E-state index contributed by atoms with van der Waals surface area (Å²) >= 11 is 0. The van der Waals surface area contributed by atoms with Crippen LogP contribution >= 0.6 is 0 Å². The smallest absolute Gasteiger partial charge is 0.418 e. The van der Waals surface area contributed by atoms with Gasteiger partial charge in [0.05, 0.1) is 22.3 Å². The van der Waals surface area contributed by atoms with E-state index < -0.39 is 29.3 Å². The summed E-state index contributed by atoms with van der Waals surface area (Å²) in [6, 6.07) is 11.6. The van der Waals surface area contributed by atoms with E-state index in [4.69, 9.17) is 4.74 Å². The molecule has 218 valence electrons. The van der Waals surface area contributed by atoms with Gasteiger partial charge in [0.1, 0.15) is 5.60 Å². The molecule has 11 heteroatoms. The Kier molecular flexibility index (Phi) is 7.25. The number of carbonyl (C=O) groups is 2. The van der Waals surface area contributed by atoms with Gasteiger partial charge in [0.15, 0.2) is 5.82 Å². The fourth-order valence-corrected chi connectivity index (χ4v) is 5.59. The lowest BCUT2D eigenvalue weighted by Gasteiger charge is -2.33. The van der Waals surface area contributed by atoms with Crippen molar-refractivity contribution in [3.63, 3.8) is 0 Å². The number of para-hydroxylation sites is 1. The van der Waals surface area contributed by atoms with E-state index in [0.29, 0.717) is 37.4 Å². The first kappa shape index (κ1) is 28.5. The third kappa shape index (κ3) is 5.62. The summed E-state index contributed by atoms with van der Waals surface area (Å²) < 4.78 is 52.0. The van der Waals surface area contributed by atoms with Crippen LogP contribution in [0.2, 0.25) is 0 Å². The Labute approximate surface area is 236 Å². The topological polar surface area (TPSA) is 81.4 Å². The van der Waals surface area contributed by atoms with Crippen LogP contribution in [0.25, 0.3) is 33.5 Å². The molecule has 1 N–H and O–H groups in total. The van der Waals surface area contributed by atoms with E-state index in [1.54, 1.807) is 27.8 Å². The second-order valence-electron chi connectivity index (χ2n) is 11.5. The monoisotopic (exact) mass is 569 g/mol. The van der Waals surface area contributed by atoms with E-state index in [-0.39, 0.29) is 29.2 Å². The second-order valence-corrected chi connectivity index (χ2v) is 11.5. The van der Waals surface area contributed by atoms with Gasteiger partial charge >= 0.3 is 12.3 Å². The van der Waals surface area contributed by atoms with Crippen molar-refractivity contribution in [2.24, 2.45) is 7.05 Å². The van der Waals surface area contributed by atoms with E-state index >= 15 is 0 Å². The highest BCUT2D eigenvalue weighted by atomic mass is 19.4. The number of aryl methyl sites for hydroxylation is 2. The number of nitrogens with one attached hydrogen (secondary N) is 1. The number of imidazole rings is 1. The summed E-state index contributed by atoms with van der Waals surface area (Å²) in [6.07, 6.45) is -4.08. The van der Waals surface area contributed by atoms with Crippen molar-refractivity contribution >= 4 is 33.9 Å². The molecule has 1 unspecified atom stereocenters. The molecule has 1 saturated heterocycles. The molecule has 0 saturated carbocycles. The number of nitrogens with zero attached hydrogens (tertiary/aromatic N) is 4. The number of carbonyl (C=O) groups excluding carboxylic acids is 2. The van der Waals surface area contributed by atoms with Crippen LogP contribution in [0.15, 0.2) is 42.5 Å². The van der Waals surface area contributed by atoms with E-state index in [0.717, 1.165) is 17.0 Å². The molecule has 2 aromatic carbocycles. The summed E-state index contributed by atoms with van der Waals surface area (Å²) in [7, 11) is 1.57. The summed E-state index contributed by atoms with van der Waals surface area (Å²) in [4.78, 5) is 31.9. The molecule has 2 aromatic heterocycles. The molecule has 41 heavy (non-hydrogen) atoms. The predicted molar refractivity (Wildman–Crippen MR) is 151 cm³/mol. The molecule has 0 aliphatic carbocycles. The van der Waals surface area contributed by atoms with Gasteiger partial charge in [-0.05, 0) is 64.8 Å². The first-order valence-electron chi connectivity index (χ1n) is 13.7. The fourth-order valence-electron chi connectivity index (χ4n) is 5.59. The molecule has 1 aliphatic rings. The minimum Gasteiger partial charge on any atom is -0.444 e. The lowest BCUT2D eigenvalue weighted by molar-refractivity contribution is -0.136. The van der Waals surface area contributed by atoms with E-state index in [2.05, 4.69) is 10.3 Å². The molecular formula is C30H34F3N5O3. The zero-order valence-electron chi connectivity index (χ0n) is 23.8. The first-order valence-corrected chi connectivity index (χ1v) is 13.7. The molecule has 2 amide bonds. The van der Waals surface area contributed by atoms with Crippen molar-refractivity contribution in [3.05, 3.63) is 53.6 Å². The zero-order valence-corrected chi connectivity index (χ0v) is 23.8. The molecule has 0 bridgehead atoms. The maximum absolute atomic E-state index is 14.4. The first-order chi connectivity index (χ1) is 19.3. The normalized spacial score (nSPS) is 16.4. The number of ether oxygens (including phenoxy) is 1. The quantitative estimate of drug-likeness (QED) is 0.310. The molecule has 5 rings (SSSR count). The molecule has 4 aromatic rings. The summed E-state index contributed by atoms with van der Waals surface area (Å²) in [5.74, 6) is -0.157. The number of alkyl halides is 3. The Morgan fingerprint density at radius 2 is 1.85 bits per heavy atom. The Bertz CT molecular complexity index is 1630. The molecule has 0 radical (unpaired) electrons. The van der Waals surface area contributed by atoms with Crippen LogP contribution in [0.3, 0.4) is 0 Å². The van der Waals surface area contributed by atoms with E-state index in [1.807, 2.05) is 41.8 Å². The van der Waals surface area contributed by atoms with Gasteiger partial charge in [-0.15, -0.1) is 0 Å². The SMILES string of the molecule is CCn1c(-c2nc3cc(C(=O)N4CCCC(NC(=O)OC(C)(C)C)C4)cc(C(F)(F)F)c3n2C)cc2ccccc21. The number of amides is 2. The van der Waals surface area contributed by atoms with Gasteiger partial charge in [-0.1, -0.05) is 18.2 Å². The molecule has 1 atom stereocenters. The number of benzene rings is 2. The minimum atomic E-state index is -4.71. The van der Waals surface area contributed by atoms with Crippen LogP contribution in [-0.2, 0) is 24.5 Å². The predicted octanol–water partition coefficient (Wildman–Crippen LogP) is 6.36. The fraction of sp³-hybridized carbons (Fsp3) is 0.433. The molecule has 1 aliphatic heterocycles. The third-order valence-electron chi connectivity index (χ3n) is 7.31. The van der Waals surface area contributed by atoms with Crippen LogP contribution in [0.5, 0.6) is 0 Å². The number of rotatable bonds is 4. The third-order valence-corrected chi connectivity index (χ3v) is 7.31. The molecule has 8 nitrogen and oxygen atoms in total. The largest absolute Gasteiger partial charge is 0.444 e. The van der Waals surface area contributed by atoms with Crippen LogP contribution in [0, 0.1) is 0 Å². The lowest BCUT2D eigenvalue weighted by atomic mass is 10.0. The highest BCUT2D eigenvalue weighted by Gasteiger charge is 2.37. The lowest BCUT2D eigenvalue weighted by Crippen LogP contribution is -2.50. The standard InChI is InChI=1S/C30H34F3N5O3/c1-6-38-23-12-8-7-10-18(23)16-24(38)26-35-22-15-19(14-21(30(31,32)33)25(22)36(26)5)27(39)37-13-9-11-20(17-37)34-28(40)41-29(2,3)4/h7-8,10,12,14-16,20H,6,9,11,13,17H2,1-5H3,(H,34,40). The van der Waals surface area contributed by atoms with Crippen LogP contribution < -0.4 is 5.32 Å². The number of fused-ring (bicyclic) bond motifs is 2. The number of aromatic nitrogens is 3. The summed E-state index contributed by atoms with van der Waals surface area (Å²) in [5.41, 5.74) is -0.0224. The number of hydrogen-bond acceptors (Lipinski definition) is 4. The molecule has 0 spiro atoms. The Morgan fingerprint density at radius 1 is 1.12 bits per heavy atom. The average Bonchev–Trinajstić information content (AvgIpc) is 3.43. The van der Waals surface area contributed by atoms with E-state index in [1.165, 1.54) is 15.5 Å². The Balaban J connectivity index is 1.52. The minimum absolute atomic E-state index is 0.0833. The van der Waals surface area contributed by atoms with Crippen LogP contribution in [0.4, 0.5) is 18.0 Å². The van der Waals surface area contributed by atoms with Gasteiger partial charge in [-0.2, -0.15) is 13.2 Å². The number of hydrogen-bond donors (Lipinski definition) is 1. The van der Waals surface area contributed by atoms with Gasteiger partial charge in [-0.3, -0.25) is 4.79 Å². The maximum atomic E-state index is 14.4.